The first-order valence-corrected chi connectivity index (χ1v) is 4.21. The number of nitrogens with one attached hydrogen (secondary N) is 1. The Morgan fingerprint density at radius 1 is 1.40 bits per heavy atom. The van der Waals surface area contributed by atoms with Crippen LogP contribution in [-0.2, 0) is 0 Å². The third-order valence-electron chi connectivity index (χ3n) is 2.91. The van der Waals surface area contributed by atoms with Crippen molar-refractivity contribution in [1.29, 1.82) is 0 Å². The van der Waals surface area contributed by atoms with Gasteiger partial charge in [0.25, 0.3) is 0 Å². The molecule has 1 atom stereocenters. The van der Waals surface area contributed by atoms with Crippen molar-refractivity contribution in [1.82, 2.24) is 5.32 Å². The number of aliphatic hydroxyl groups excluding tert-OH is 1. The lowest BCUT2D eigenvalue weighted by atomic mass is 9.94. The summed E-state index contributed by atoms with van der Waals surface area (Å²) >= 11 is 0. The van der Waals surface area contributed by atoms with Gasteiger partial charge in [0.05, 0.1) is 0 Å². The number of piperidine rings is 1. The molecule has 1 heterocycles. The Morgan fingerprint density at radius 3 is 2.60 bits per heavy atom. The van der Waals surface area contributed by atoms with Gasteiger partial charge >= 0.3 is 0 Å². The minimum Gasteiger partial charge on any atom is -0.396 e. The quantitative estimate of drug-likeness (QED) is 0.557. The van der Waals surface area contributed by atoms with E-state index >= 15 is 0 Å². The first-order valence-electron chi connectivity index (χ1n) is 4.21. The fraction of sp³-hybridized carbons (Fsp3) is 1.00. The molecule has 2 N–H and O–H groups in total. The van der Waals surface area contributed by atoms with Crippen LogP contribution in [-0.4, -0.2) is 23.8 Å². The zero-order chi connectivity index (χ0) is 7.03. The molecule has 10 heavy (non-hydrogen) atoms. The first-order chi connectivity index (χ1) is 4.85. The summed E-state index contributed by atoms with van der Waals surface area (Å²) in [5.74, 6) is 0.534. The molecular formula is C8H15NO. The average molecular weight is 141 g/mol. The third kappa shape index (κ3) is 1.06. The minimum atomic E-state index is 0.364. The predicted octanol–water partition coefficient (Wildman–Crippen LogP) is 0.511. The highest BCUT2D eigenvalue weighted by atomic mass is 16.3. The van der Waals surface area contributed by atoms with Gasteiger partial charge in [-0.15, -0.1) is 0 Å². The number of rotatable bonds is 1. The molecule has 1 aliphatic carbocycles. The minimum absolute atomic E-state index is 0.364. The molecule has 2 nitrogen and oxygen atoms in total. The largest absolute Gasteiger partial charge is 0.396 e. The van der Waals surface area contributed by atoms with Crippen molar-refractivity contribution in [3.63, 3.8) is 0 Å². The molecule has 2 heteroatoms. The van der Waals surface area contributed by atoms with Crippen LogP contribution >= 0.6 is 0 Å². The Morgan fingerprint density at radius 2 is 2.20 bits per heavy atom. The molecule has 2 aliphatic rings. The summed E-state index contributed by atoms with van der Waals surface area (Å²) in [7, 11) is 0. The van der Waals surface area contributed by atoms with Crippen molar-refractivity contribution in [2.24, 2.45) is 5.92 Å². The summed E-state index contributed by atoms with van der Waals surface area (Å²) in [5, 5.41) is 12.4. The van der Waals surface area contributed by atoms with Gasteiger partial charge in [-0.05, 0) is 31.6 Å². The second kappa shape index (κ2) is 2.21. The van der Waals surface area contributed by atoms with E-state index in [0.29, 0.717) is 18.1 Å². The normalized spacial score (nSPS) is 36.3. The van der Waals surface area contributed by atoms with Crippen molar-refractivity contribution in [2.75, 3.05) is 13.2 Å². The van der Waals surface area contributed by atoms with Crippen LogP contribution in [0, 0.1) is 5.92 Å². The van der Waals surface area contributed by atoms with Crippen LogP contribution in [0.1, 0.15) is 25.7 Å². The third-order valence-corrected chi connectivity index (χ3v) is 2.91. The molecular weight excluding hydrogens is 126 g/mol. The lowest BCUT2D eigenvalue weighted by molar-refractivity contribution is 0.178. The second-order valence-electron chi connectivity index (χ2n) is 3.75. The molecule has 0 bridgehead atoms. The molecule has 0 amide bonds. The molecule has 0 aromatic heterocycles. The van der Waals surface area contributed by atoms with Crippen LogP contribution in [0.15, 0.2) is 0 Å². The molecule has 2 rings (SSSR count). The van der Waals surface area contributed by atoms with Gasteiger partial charge in [0, 0.05) is 18.7 Å². The standard InChI is InChI=1S/C8H15NO/c10-6-7-1-2-8(3-4-8)9-5-7/h7,9-10H,1-6H2. The van der Waals surface area contributed by atoms with E-state index in [9.17, 15) is 0 Å². The van der Waals surface area contributed by atoms with Gasteiger partial charge in [0.15, 0.2) is 0 Å². The molecule has 1 spiro atoms. The van der Waals surface area contributed by atoms with Crippen molar-refractivity contribution >= 4 is 0 Å². The Bertz CT molecular complexity index is 121. The summed E-state index contributed by atoms with van der Waals surface area (Å²) in [4.78, 5) is 0. The Labute approximate surface area is 61.6 Å². The lowest BCUT2D eigenvalue weighted by Crippen LogP contribution is -2.41. The van der Waals surface area contributed by atoms with Crippen molar-refractivity contribution in [3.05, 3.63) is 0 Å². The van der Waals surface area contributed by atoms with E-state index in [1.165, 1.54) is 25.7 Å². The molecule has 1 aliphatic heterocycles. The fourth-order valence-corrected chi connectivity index (χ4v) is 1.77. The van der Waals surface area contributed by atoms with Gasteiger partial charge in [-0.2, -0.15) is 0 Å². The monoisotopic (exact) mass is 141 g/mol. The molecule has 2 fully saturated rings. The van der Waals surface area contributed by atoms with Crippen LogP contribution in [0.2, 0.25) is 0 Å². The zero-order valence-electron chi connectivity index (χ0n) is 6.27. The number of aliphatic hydroxyl groups is 1. The number of hydrogen-bond acceptors (Lipinski definition) is 2. The Kier molecular flexibility index (Phi) is 1.46. The van der Waals surface area contributed by atoms with Crippen LogP contribution in [0.25, 0.3) is 0 Å². The van der Waals surface area contributed by atoms with Crippen LogP contribution in [0.4, 0.5) is 0 Å². The second-order valence-corrected chi connectivity index (χ2v) is 3.75. The summed E-state index contributed by atoms with van der Waals surface area (Å²) in [6.45, 7) is 1.40. The van der Waals surface area contributed by atoms with Crippen molar-refractivity contribution in [2.45, 2.75) is 31.2 Å². The summed E-state index contributed by atoms with van der Waals surface area (Å²) in [5.41, 5.74) is 0.547. The van der Waals surface area contributed by atoms with Gasteiger partial charge in [-0.3, -0.25) is 0 Å². The SMILES string of the molecule is OCC1CCC2(CC2)NC1. The molecule has 58 valence electrons. The van der Waals surface area contributed by atoms with Gasteiger partial charge in [0.1, 0.15) is 0 Å². The predicted molar refractivity (Wildman–Crippen MR) is 39.8 cm³/mol. The molecule has 1 saturated heterocycles. The maximum Gasteiger partial charge on any atom is 0.0471 e. The Hall–Kier alpha value is -0.0800. The van der Waals surface area contributed by atoms with E-state index in [1.54, 1.807) is 0 Å². The molecule has 0 aromatic carbocycles. The van der Waals surface area contributed by atoms with Gasteiger partial charge in [-0.25, -0.2) is 0 Å². The van der Waals surface area contributed by atoms with E-state index in [1.807, 2.05) is 0 Å². The lowest BCUT2D eigenvalue weighted by Gasteiger charge is -2.28. The topological polar surface area (TPSA) is 32.3 Å². The summed E-state index contributed by atoms with van der Waals surface area (Å²) in [6, 6.07) is 0. The van der Waals surface area contributed by atoms with Gasteiger partial charge < -0.3 is 10.4 Å². The summed E-state index contributed by atoms with van der Waals surface area (Å²) < 4.78 is 0. The van der Waals surface area contributed by atoms with Crippen LogP contribution in [0.5, 0.6) is 0 Å². The number of hydrogen-bond donors (Lipinski definition) is 2. The van der Waals surface area contributed by atoms with Gasteiger partial charge in [-0.1, -0.05) is 0 Å². The van der Waals surface area contributed by atoms with E-state index < -0.39 is 0 Å². The van der Waals surface area contributed by atoms with E-state index in [2.05, 4.69) is 5.32 Å². The molecule has 1 unspecified atom stereocenters. The fourth-order valence-electron chi connectivity index (χ4n) is 1.77. The van der Waals surface area contributed by atoms with Gasteiger partial charge in [0.2, 0.25) is 0 Å². The average Bonchev–Trinajstić information content (AvgIpc) is 2.72. The Balaban J connectivity index is 1.84. The molecule has 0 radical (unpaired) electrons. The molecule has 0 aromatic rings. The highest BCUT2D eigenvalue weighted by Crippen LogP contribution is 2.42. The maximum absolute atomic E-state index is 8.84. The van der Waals surface area contributed by atoms with Crippen LogP contribution < -0.4 is 5.32 Å². The smallest absolute Gasteiger partial charge is 0.0471 e. The van der Waals surface area contributed by atoms with Crippen molar-refractivity contribution in [3.8, 4) is 0 Å². The maximum atomic E-state index is 8.84. The zero-order valence-corrected chi connectivity index (χ0v) is 6.27. The van der Waals surface area contributed by atoms with Crippen molar-refractivity contribution < 1.29 is 5.11 Å². The molecule has 1 saturated carbocycles. The first kappa shape index (κ1) is 6.62. The van der Waals surface area contributed by atoms with E-state index in [4.69, 9.17) is 5.11 Å². The van der Waals surface area contributed by atoms with E-state index in [-0.39, 0.29) is 0 Å². The summed E-state index contributed by atoms with van der Waals surface area (Å²) in [6.07, 6.45) is 5.25. The highest BCUT2D eigenvalue weighted by Gasteiger charge is 2.44. The van der Waals surface area contributed by atoms with E-state index in [0.717, 1.165) is 6.54 Å². The highest BCUT2D eigenvalue weighted by molar-refractivity contribution is 5.04. The van der Waals surface area contributed by atoms with Crippen LogP contribution in [0.3, 0.4) is 0 Å².